The lowest BCUT2D eigenvalue weighted by atomic mass is 10.2. The number of carbonyl (C=O) groups is 3. The molecule has 0 aliphatic rings. The molecule has 1 aromatic carbocycles. The van der Waals surface area contributed by atoms with Gasteiger partial charge in [-0.15, -0.1) is 0 Å². The van der Waals surface area contributed by atoms with Crippen LogP contribution in [-0.4, -0.2) is 31.0 Å². The predicted octanol–water partition coefficient (Wildman–Crippen LogP) is 0.00840. The Bertz CT molecular complexity index is 484. The minimum atomic E-state index is -0.850. The van der Waals surface area contributed by atoms with Crippen molar-refractivity contribution < 1.29 is 19.1 Å². The van der Waals surface area contributed by atoms with E-state index in [9.17, 15) is 14.4 Å². The van der Waals surface area contributed by atoms with Crippen LogP contribution >= 0.6 is 0 Å². The standard InChI is InChI=1S/C12H15N3O4/c1-7(11(17)15-12(18)14-2)19-9-5-3-8(4-6-9)10(13)16/h3-7H,1-2H3,(H2,13,16)(H2,14,15,17,18)/t7-/m0/s1. The molecule has 0 unspecified atom stereocenters. The minimum absolute atomic E-state index is 0.342. The number of imide groups is 1. The van der Waals surface area contributed by atoms with Crippen LogP contribution in [0.25, 0.3) is 0 Å². The van der Waals surface area contributed by atoms with Gasteiger partial charge < -0.3 is 15.8 Å². The van der Waals surface area contributed by atoms with Gasteiger partial charge in [-0.05, 0) is 31.2 Å². The summed E-state index contributed by atoms with van der Waals surface area (Å²) in [5.41, 5.74) is 5.44. The number of urea groups is 1. The minimum Gasteiger partial charge on any atom is -0.481 e. The summed E-state index contributed by atoms with van der Waals surface area (Å²) in [7, 11) is 1.40. The summed E-state index contributed by atoms with van der Waals surface area (Å²) in [6, 6.07) is 5.40. The first-order valence-corrected chi connectivity index (χ1v) is 5.53. The molecule has 0 radical (unpaired) electrons. The Balaban J connectivity index is 2.61. The zero-order chi connectivity index (χ0) is 14.4. The highest BCUT2D eigenvalue weighted by Crippen LogP contribution is 2.13. The first kappa shape index (κ1) is 14.5. The van der Waals surface area contributed by atoms with Crippen LogP contribution in [0.4, 0.5) is 4.79 Å². The van der Waals surface area contributed by atoms with Gasteiger partial charge in [0.25, 0.3) is 5.91 Å². The molecule has 4 amide bonds. The molecule has 0 saturated carbocycles. The van der Waals surface area contributed by atoms with Gasteiger partial charge in [-0.25, -0.2) is 4.79 Å². The second kappa shape index (κ2) is 6.39. The van der Waals surface area contributed by atoms with E-state index >= 15 is 0 Å². The lowest BCUT2D eigenvalue weighted by Gasteiger charge is -2.14. The van der Waals surface area contributed by atoms with E-state index in [4.69, 9.17) is 10.5 Å². The highest BCUT2D eigenvalue weighted by molar-refractivity contribution is 5.96. The van der Waals surface area contributed by atoms with Crippen molar-refractivity contribution in [2.75, 3.05) is 7.05 Å². The molecule has 0 aliphatic heterocycles. The van der Waals surface area contributed by atoms with E-state index in [2.05, 4.69) is 10.6 Å². The van der Waals surface area contributed by atoms with Gasteiger partial charge in [-0.2, -0.15) is 0 Å². The third-order valence-electron chi connectivity index (χ3n) is 2.28. The normalized spacial score (nSPS) is 11.3. The van der Waals surface area contributed by atoms with Crippen LogP contribution in [0.3, 0.4) is 0 Å². The molecule has 0 fully saturated rings. The molecule has 0 heterocycles. The zero-order valence-corrected chi connectivity index (χ0v) is 10.6. The maximum atomic E-state index is 11.5. The largest absolute Gasteiger partial charge is 0.481 e. The fourth-order valence-corrected chi connectivity index (χ4v) is 1.23. The molecule has 4 N–H and O–H groups in total. The summed E-state index contributed by atoms with van der Waals surface area (Å²) in [6.07, 6.45) is -0.850. The van der Waals surface area contributed by atoms with E-state index in [1.165, 1.54) is 38.2 Å². The number of rotatable bonds is 4. The highest BCUT2D eigenvalue weighted by Gasteiger charge is 2.16. The molecule has 0 bridgehead atoms. The molecular formula is C12H15N3O4. The summed E-state index contributed by atoms with van der Waals surface area (Å²) in [5, 5.41) is 4.35. The van der Waals surface area contributed by atoms with Crippen molar-refractivity contribution >= 4 is 17.8 Å². The van der Waals surface area contributed by atoms with Crippen molar-refractivity contribution in [2.24, 2.45) is 5.73 Å². The Kier molecular flexibility index (Phi) is 4.87. The number of amides is 4. The Hall–Kier alpha value is -2.57. The van der Waals surface area contributed by atoms with Gasteiger partial charge in [0.1, 0.15) is 5.75 Å². The number of hydrogen-bond donors (Lipinski definition) is 3. The molecule has 0 aromatic heterocycles. The smallest absolute Gasteiger partial charge is 0.321 e. The molecule has 1 aromatic rings. The fraction of sp³-hybridized carbons (Fsp3) is 0.250. The van der Waals surface area contributed by atoms with Crippen LogP contribution < -0.4 is 21.1 Å². The van der Waals surface area contributed by atoms with E-state index in [0.717, 1.165) is 0 Å². The third kappa shape index (κ3) is 4.30. The summed E-state index contributed by atoms with van der Waals surface area (Å²) < 4.78 is 5.31. The summed E-state index contributed by atoms with van der Waals surface area (Å²) >= 11 is 0. The fourth-order valence-electron chi connectivity index (χ4n) is 1.23. The number of nitrogens with one attached hydrogen (secondary N) is 2. The lowest BCUT2D eigenvalue weighted by molar-refractivity contribution is -0.126. The van der Waals surface area contributed by atoms with Gasteiger partial charge in [0.05, 0.1) is 0 Å². The Morgan fingerprint density at radius 3 is 2.26 bits per heavy atom. The summed E-state index contributed by atoms with van der Waals surface area (Å²) in [5.74, 6) is -0.722. The Morgan fingerprint density at radius 1 is 1.21 bits per heavy atom. The summed E-state index contributed by atoms with van der Waals surface area (Å²) in [4.78, 5) is 33.3. The molecule has 0 saturated heterocycles. The van der Waals surface area contributed by atoms with E-state index in [-0.39, 0.29) is 0 Å². The van der Waals surface area contributed by atoms with E-state index in [0.29, 0.717) is 11.3 Å². The van der Waals surface area contributed by atoms with Crippen molar-refractivity contribution in [2.45, 2.75) is 13.0 Å². The zero-order valence-electron chi connectivity index (χ0n) is 10.6. The van der Waals surface area contributed by atoms with Crippen LogP contribution in [0.15, 0.2) is 24.3 Å². The van der Waals surface area contributed by atoms with Crippen molar-refractivity contribution in [3.8, 4) is 5.75 Å². The van der Waals surface area contributed by atoms with Crippen LogP contribution in [0.1, 0.15) is 17.3 Å². The van der Waals surface area contributed by atoms with Gasteiger partial charge in [-0.3, -0.25) is 14.9 Å². The Morgan fingerprint density at radius 2 is 1.79 bits per heavy atom. The van der Waals surface area contributed by atoms with Crippen LogP contribution in [0.2, 0.25) is 0 Å². The Labute approximate surface area is 110 Å². The molecular weight excluding hydrogens is 250 g/mol. The number of nitrogens with two attached hydrogens (primary N) is 1. The van der Waals surface area contributed by atoms with Gasteiger partial charge in [0, 0.05) is 12.6 Å². The van der Waals surface area contributed by atoms with Crippen LogP contribution in [-0.2, 0) is 4.79 Å². The van der Waals surface area contributed by atoms with E-state index < -0.39 is 23.9 Å². The average molecular weight is 265 g/mol. The topological polar surface area (TPSA) is 111 Å². The van der Waals surface area contributed by atoms with Crippen molar-refractivity contribution in [3.05, 3.63) is 29.8 Å². The lowest BCUT2D eigenvalue weighted by Crippen LogP contribution is -2.43. The van der Waals surface area contributed by atoms with Crippen LogP contribution in [0.5, 0.6) is 5.75 Å². The first-order chi connectivity index (χ1) is 8.93. The molecule has 0 spiro atoms. The predicted molar refractivity (Wildman–Crippen MR) is 67.6 cm³/mol. The SMILES string of the molecule is CNC(=O)NC(=O)[C@H](C)Oc1ccc(C(N)=O)cc1. The quantitative estimate of drug-likeness (QED) is 0.712. The van der Waals surface area contributed by atoms with Crippen molar-refractivity contribution in [1.29, 1.82) is 0 Å². The van der Waals surface area contributed by atoms with E-state index in [1.54, 1.807) is 0 Å². The van der Waals surface area contributed by atoms with Gasteiger partial charge in [0.2, 0.25) is 5.91 Å². The molecule has 7 heteroatoms. The maximum absolute atomic E-state index is 11.5. The number of primary amides is 1. The molecule has 7 nitrogen and oxygen atoms in total. The molecule has 1 atom stereocenters. The number of hydrogen-bond acceptors (Lipinski definition) is 4. The van der Waals surface area contributed by atoms with Crippen molar-refractivity contribution in [3.63, 3.8) is 0 Å². The average Bonchev–Trinajstić information content (AvgIpc) is 2.38. The van der Waals surface area contributed by atoms with Crippen molar-refractivity contribution in [1.82, 2.24) is 10.6 Å². The molecule has 102 valence electrons. The monoisotopic (exact) mass is 265 g/mol. The molecule has 1 rings (SSSR count). The van der Waals surface area contributed by atoms with E-state index in [1.807, 2.05) is 0 Å². The molecule has 0 aliphatic carbocycles. The third-order valence-corrected chi connectivity index (χ3v) is 2.28. The maximum Gasteiger partial charge on any atom is 0.321 e. The number of ether oxygens (including phenoxy) is 1. The molecule has 19 heavy (non-hydrogen) atoms. The van der Waals surface area contributed by atoms with Crippen LogP contribution in [0, 0.1) is 0 Å². The van der Waals surface area contributed by atoms with Gasteiger partial charge >= 0.3 is 6.03 Å². The number of carbonyl (C=O) groups excluding carboxylic acids is 3. The van der Waals surface area contributed by atoms with Gasteiger partial charge in [0.15, 0.2) is 6.10 Å². The second-order valence-electron chi connectivity index (χ2n) is 3.72. The second-order valence-corrected chi connectivity index (χ2v) is 3.72. The number of benzene rings is 1. The van der Waals surface area contributed by atoms with Gasteiger partial charge in [-0.1, -0.05) is 0 Å². The highest BCUT2D eigenvalue weighted by atomic mass is 16.5. The summed E-state index contributed by atoms with van der Waals surface area (Å²) in [6.45, 7) is 1.50. The first-order valence-electron chi connectivity index (χ1n) is 5.53.